The molecular formula is C19H30N4O5. The van der Waals surface area contributed by atoms with Crippen molar-refractivity contribution in [3.63, 3.8) is 0 Å². The number of carbonyl (C=O) groups is 1. The maximum atomic E-state index is 11.8. The Labute approximate surface area is 166 Å². The molecule has 0 aliphatic heterocycles. The number of aromatic nitrogens is 1. The lowest BCUT2D eigenvalue weighted by Crippen LogP contribution is -2.12. The van der Waals surface area contributed by atoms with E-state index in [0.717, 1.165) is 18.4 Å². The van der Waals surface area contributed by atoms with Crippen LogP contribution in [0.2, 0.25) is 0 Å². The third-order valence-electron chi connectivity index (χ3n) is 3.70. The third kappa shape index (κ3) is 15.1. The maximum Gasteiger partial charge on any atom is 0.133 e. The molecule has 1 rings (SSSR count). The molecule has 1 heterocycles. The normalized spacial score (nSPS) is 10.6. The zero-order chi connectivity index (χ0) is 20.1. The van der Waals surface area contributed by atoms with Gasteiger partial charge in [0.05, 0.1) is 46.2 Å². The van der Waals surface area contributed by atoms with E-state index in [-0.39, 0.29) is 5.78 Å². The summed E-state index contributed by atoms with van der Waals surface area (Å²) < 4.78 is 21.4. The Morgan fingerprint density at radius 1 is 0.893 bits per heavy atom. The van der Waals surface area contributed by atoms with Crippen molar-refractivity contribution in [3.8, 4) is 0 Å². The second-order valence-corrected chi connectivity index (χ2v) is 5.90. The van der Waals surface area contributed by atoms with Gasteiger partial charge in [-0.3, -0.25) is 9.78 Å². The van der Waals surface area contributed by atoms with E-state index in [2.05, 4.69) is 15.0 Å². The number of azide groups is 1. The van der Waals surface area contributed by atoms with Crippen LogP contribution in [0.4, 0.5) is 0 Å². The molecule has 0 N–H and O–H groups in total. The first-order valence-electron chi connectivity index (χ1n) is 9.55. The van der Waals surface area contributed by atoms with E-state index in [9.17, 15) is 4.79 Å². The van der Waals surface area contributed by atoms with Gasteiger partial charge in [0.15, 0.2) is 0 Å². The summed E-state index contributed by atoms with van der Waals surface area (Å²) in [6.45, 7) is 4.23. The van der Waals surface area contributed by atoms with Crippen molar-refractivity contribution in [1.82, 2.24) is 4.98 Å². The van der Waals surface area contributed by atoms with Crippen molar-refractivity contribution in [1.29, 1.82) is 0 Å². The Morgan fingerprint density at radius 3 is 2.07 bits per heavy atom. The summed E-state index contributed by atoms with van der Waals surface area (Å²) in [5.74, 6) is 0.260. The molecule has 1 aromatic rings. The fourth-order valence-electron chi connectivity index (χ4n) is 2.24. The number of carbonyl (C=O) groups excluding carboxylic acids is 1. The highest BCUT2D eigenvalue weighted by Crippen LogP contribution is 2.04. The number of nitrogens with zero attached hydrogens (tertiary/aromatic N) is 4. The molecule has 0 saturated heterocycles. The molecule has 0 spiro atoms. The molecule has 0 radical (unpaired) electrons. The molecule has 156 valence electrons. The second kappa shape index (κ2) is 18.3. The summed E-state index contributed by atoms with van der Waals surface area (Å²) in [5.41, 5.74) is 9.23. The van der Waals surface area contributed by atoms with E-state index in [4.69, 9.17) is 24.5 Å². The van der Waals surface area contributed by atoms with Crippen LogP contribution in [0.1, 0.15) is 24.8 Å². The van der Waals surface area contributed by atoms with Gasteiger partial charge in [-0.2, -0.15) is 0 Å². The highest BCUT2D eigenvalue weighted by atomic mass is 16.6. The molecule has 0 unspecified atom stereocenters. The van der Waals surface area contributed by atoms with Crippen LogP contribution in [-0.4, -0.2) is 70.2 Å². The average molecular weight is 394 g/mol. The maximum absolute atomic E-state index is 11.8. The lowest BCUT2D eigenvalue weighted by molar-refractivity contribution is -0.119. The van der Waals surface area contributed by atoms with Gasteiger partial charge in [0.2, 0.25) is 0 Å². The van der Waals surface area contributed by atoms with Crippen molar-refractivity contribution in [3.05, 3.63) is 40.5 Å². The molecular weight excluding hydrogens is 364 g/mol. The van der Waals surface area contributed by atoms with E-state index >= 15 is 0 Å². The Balaban J connectivity index is 1.77. The van der Waals surface area contributed by atoms with E-state index in [0.29, 0.717) is 72.2 Å². The first-order valence-corrected chi connectivity index (χ1v) is 9.55. The first kappa shape index (κ1) is 24.0. The van der Waals surface area contributed by atoms with Crippen LogP contribution in [0, 0.1) is 0 Å². The molecule has 0 aromatic carbocycles. The fourth-order valence-corrected chi connectivity index (χ4v) is 2.24. The molecule has 0 fully saturated rings. The van der Waals surface area contributed by atoms with Crippen LogP contribution in [0.5, 0.6) is 0 Å². The number of hydrogen-bond acceptors (Lipinski definition) is 7. The SMILES string of the molecule is [N-]=[N+]=NCCOCCOCCOCCOCCCC(=O)CCc1ccncc1. The summed E-state index contributed by atoms with van der Waals surface area (Å²) in [6.07, 6.45) is 6.09. The Hall–Kier alpha value is -2.03. The molecule has 0 aliphatic carbocycles. The van der Waals surface area contributed by atoms with Gasteiger partial charge >= 0.3 is 0 Å². The molecule has 9 nitrogen and oxygen atoms in total. The Morgan fingerprint density at radius 2 is 1.46 bits per heavy atom. The highest BCUT2D eigenvalue weighted by molar-refractivity contribution is 5.78. The van der Waals surface area contributed by atoms with Crippen molar-refractivity contribution in [2.24, 2.45) is 5.11 Å². The van der Waals surface area contributed by atoms with Crippen LogP contribution in [0.15, 0.2) is 29.6 Å². The Bertz CT molecular complexity index is 553. The average Bonchev–Trinajstić information content (AvgIpc) is 2.72. The molecule has 0 saturated carbocycles. The van der Waals surface area contributed by atoms with Crippen LogP contribution in [-0.2, 0) is 30.2 Å². The van der Waals surface area contributed by atoms with Crippen molar-refractivity contribution in [2.75, 3.05) is 59.4 Å². The second-order valence-electron chi connectivity index (χ2n) is 5.90. The van der Waals surface area contributed by atoms with Gasteiger partial charge in [0.1, 0.15) is 5.78 Å². The number of Topliss-reactive ketones (excluding diaryl/α,β-unsaturated/α-hetero) is 1. The van der Waals surface area contributed by atoms with E-state index in [1.165, 1.54) is 0 Å². The van der Waals surface area contributed by atoms with E-state index in [1.807, 2.05) is 12.1 Å². The number of ketones is 1. The number of hydrogen-bond donors (Lipinski definition) is 0. The standard InChI is InChI=1S/C19H30N4O5/c20-23-22-9-11-26-13-15-28-17-16-27-14-12-25-10-1-2-19(24)4-3-18-5-7-21-8-6-18/h5-8H,1-4,9-17H2. The predicted molar refractivity (Wildman–Crippen MR) is 104 cm³/mol. The van der Waals surface area contributed by atoms with Crippen molar-refractivity contribution >= 4 is 5.78 Å². The Kier molecular flexibility index (Phi) is 15.7. The van der Waals surface area contributed by atoms with Gasteiger partial charge in [-0.1, -0.05) is 5.11 Å². The quantitative estimate of drug-likeness (QED) is 0.154. The summed E-state index contributed by atoms with van der Waals surface area (Å²) in [4.78, 5) is 18.4. The van der Waals surface area contributed by atoms with Crippen molar-refractivity contribution < 1.29 is 23.7 Å². The van der Waals surface area contributed by atoms with Gasteiger partial charge < -0.3 is 18.9 Å². The largest absolute Gasteiger partial charge is 0.379 e. The number of rotatable bonds is 19. The van der Waals surface area contributed by atoms with Gasteiger partial charge in [-0.05, 0) is 36.1 Å². The van der Waals surface area contributed by atoms with Gasteiger partial charge in [-0.25, -0.2) is 0 Å². The lowest BCUT2D eigenvalue weighted by atomic mass is 10.1. The predicted octanol–water partition coefficient (Wildman–Crippen LogP) is 2.74. The zero-order valence-electron chi connectivity index (χ0n) is 16.3. The molecule has 0 amide bonds. The van der Waals surface area contributed by atoms with Crippen LogP contribution >= 0.6 is 0 Å². The molecule has 0 atom stereocenters. The fraction of sp³-hybridized carbons (Fsp3) is 0.684. The van der Waals surface area contributed by atoms with Crippen LogP contribution in [0.3, 0.4) is 0 Å². The van der Waals surface area contributed by atoms with E-state index in [1.54, 1.807) is 12.4 Å². The molecule has 0 aliphatic rings. The number of ether oxygens (including phenoxy) is 4. The van der Waals surface area contributed by atoms with Gasteiger partial charge in [0.25, 0.3) is 0 Å². The minimum absolute atomic E-state index is 0.260. The molecule has 1 aromatic heterocycles. The highest BCUT2D eigenvalue weighted by Gasteiger charge is 2.03. The van der Waals surface area contributed by atoms with Gasteiger partial charge in [0, 0.05) is 43.3 Å². The minimum Gasteiger partial charge on any atom is -0.379 e. The topological polar surface area (TPSA) is 116 Å². The summed E-state index contributed by atoms with van der Waals surface area (Å²) in [5, 5.41) is 3.36. The van der Waals surface area contributed by atoms with Crippen LogP contribution in [0.25, 0.3) is 10.4 Å². The third-order valence-corrected chi connectivity index (χ3v) is 3.70. The monoisotopic (exact) mass is 394 g/mol. The van der Waals surface area contributed by atoms with Gasteiger partial charge in [-0.15, -0.1) is 0 Å². The molecule has 28 heavy (non-hydrogen) atoms. The summed E-state index contributed by atoms with van der Waals surface area (Å²) >= 11 is 0. The zero-order valence-corrected chi connectivity index (χ0v) is 16.3. The lowest BCUT2D eigenvalue weighted by Gasteiger charge is -2.07. The molecule has 9 heteroatoms. The summed E-state index contributed by atoms with van der Waals surface area (Å²) in [6, 6.07) is 3.87. The summed E-state index contributed by atoms with van der Waals surface area (Å²) in [7, 11) is 0. The minimum atomic E-state index is 0.260. The number of pyridine rings is 1. The first-order chi connectivity index (χ1) is 13.8. The smallest absolute Gasteiger partial charge is 0.133 e. The number of aryl methyl sites for hydroxylation is 1. The van der Waals surface area contributed by atoms with E-state index < -0.39 is 0 Å². The van der Waals surface area contributed by atoms with Crippen LogP contribution < -0.4 is 0 Å². The van der Waals surface area contributed by atoms with Crippen molar-refractivity contribution in [2.45, 2.75) is 25.7 Å². The molecule has 0 bridgehead atoms.